The summed E-state index contributed by atoms with van der Waals surface area (Å²) in [6.07, 6.45) is 3.71. The summed E-state index contributed by atoms with van der Waals surface area (Å²) < 4.78 is 19.5. The fourth-order valence-corrected chi connectivity index (χ4v) is 4.52. The van der Waals surface area contributed by atoms with Crippen LogP contribution in [-0.4, -0.2) is 71.2 Å². The van der Waals surface area contributed by atoms with E-state index in [2.05, 4.69) is 17.4 Å². The molecule has 2 aliphatic rings. The number of urea groups is 1. The van der Waals surface area contributed by atoms with Crippen molar-refractivity contribution in [2.45, 2.75) is 38.5 Å². The molecule has 9 heteroatoms. The molecule has 2 aromatic rings. The first-order valence-corrected chi connectivity index (χ1v) is 11.9. The van der Waals surface area contributed by atoms with Gasteiger partial charge in [-0.2, -0.15) is 0 Å². The van der Waals surface area contributed by atoms with Crippen LogP contribution >= 0.6 is 0 Å². The van der Waals surface area contributed by atoms with E-state index in [4.69, 9.17) is 9.72 Å². The number of carboxylic acids is 1. The highest BCUT2D eigenvalue weighted by molar-refractivity contribution is 5.80. The van der Waals surface area contributed by atoms with Crippen LogP contribution in [0.5, 0.6) is 5.75 Å². The standard InChI is InChI=1S/C25H31FN4O4/c1-2-34-22-10-8-18(15-21(22)26)20(24(31)32)16-30-14-13-29(25(30)33)12-4-6-19-9-7-17-5-3-11-27-23(17)28-19/h7-10,15,20H,2-6,11-14,16H2,1H3,(H,27,28)(H,31,32)/t20-/m1/s1. The van der Waals surface area contributed by atoms with Crippen molar-refractivity contribution in [2.75, 3.05) is 44.6 Å². The summed E-state index contributed by atoms with van der Waals surface area (Å²) in [6.45, 7) is 4.58. The van der Waals surface area contributed by atoms with Gasteiger partial charge in [0.25, 0.3) is 0 Å². The number of pyridine rings is 1. The molecule has 1 saturated heterocycles. The summed E-state index contributed by atoms with van der Waals surface area (Å²) in [5, 5.41) is 13.1. The largest absolute Gasteiger partial charge is 0.491 e. The van der Waals surface area contributed by atoms with Gasteiger partial charge < -0.3 is 25.0 Å². The maximum atomic E-state index is 14.3. The molecule has 2 aliphatic heterocycles. The Morgan fingerprint density at radius 1 is 1.26 bits per heavy atom. The molecule has 2 N–H and O–H groups in total. The van der Waals surface area contributed by atoms with Crippen LogP contribution in [0.4, 0.5) is 15.0 Å². The molecule has 2 amide bonds. The monoisotopic (exact) mass is 470 g/mol. The summed E-state index contributed by atoms with van der Waals surface area (Å²) in [5.74, 6) is -1.66. The Bertz CT molecular complexity index is 1050. The third-order valence-electron chi connectivity index (χ3n) is 6.35. The molecule has 0 aliphatic carbocycles. The summed E-state index contributed by atoms with van der Waals surface area (Å²) in [7, 11) is 0. The number of aromatic nitrogens is 1. The Morgan fingerprint density at radius 3 is 2.85 bits per heavy atom. The summed E-state index contributed by atoms with van der Waals surface area (Å²) >= 11 is 0. The van der Waals surface area contributed by atoms with Gasteiger partial charge in [-0.15, -0.1) is 0 Å². The van der Waals surface area contributed by atoms with E-state index in [1.165, 1.54) is 22.6 Å². The number of anilines is 1. The zero-order valence-electron chi connectivity index (χ0n) is 19.4. The van der Waals surface area contributed by atoms with Crippen LogP contribution in [0.2, 0.25) is 0 Å². The van der Waals surface area contributed by atoms with E-state index in [1.807, 2.05) is 0 Å². The molecule has 1 atom stereocenters. The van der Waals surface area contributed by atoms with Crippen LogP contribution in [0, 0.1) is 5.82 Å². The molecule has 0 spiro atoms. The minimum Gasteiger partial charge on any atom is -0.491 e. The molecule has 34 heavy (non-hydrogen) atoms. The fourth-order valence-electron chi connectivity index (χ4n) is 4.52. The molecule has 182 valence electrons. The lowest BCUT2D eigenvalue weighted by molar-refractivity contribution is -0.139. The van der Waals surface area contributed by atoms with Crippen molar-refractivity contribution in [3.05, 3.63) is 53.0 Å². The number of ether oxygens (including phenoxy) is 1. The van der Waals surface area contributed by atoms with Gasteiger partial charge in [0.15, 0.2) is 11.6 Å². The molecule has 0 saturated carbocycles. The van der Waals surface area contributed by atoms with E-state index < -0.39 is 17.7 Å². The smallest absolute Gasteiger partial charge is 0.320 e. The van der Waals surface area contributed by atoms with Gasteiger partial charge in [-0.05, 0) is 61.9 Å². The SMILES string of the molecule is CCOc1ccc([C@@H](CN2CCN(CCCc3ccc4c(n3)NCCC4)C2=O)C(=O)O)cc1F. The molecule has 0 radical (unpaired) electrons. The first-order valence-electron chi connectivity index (χ1n) is 11.9. The van der Waals surface area contributed by atoms with E-state index in [0.29, 0.717) is 31.8 Å². The minimum absolute atomic E-state index is 0.00383. The number of fused-ring (bicyclic) bond motifs is 1. The maximum absolute atomic E-state index is 14.3. The van der Waals surface area contributed by atoms with Crippen LogP contribution in [-0.2, 0) is 17.6 Å². The second kappa shape index (κ2) is 10.7. The number of carbonyl (C=O) groups is 2. The lowest BCUT2D eigenvalue weighted by Crippen LogP contribution is -2.36. The topological polar surface area (TPSA) is 95.0 Å². The van der Waals surface area contributed by atoms with E-state index in [0.717, 1.165) is 43.7 Å². The van der Waals surface area contributed by atoms with Gasteiger partial charge in [0.1, 0.15) is 5.82 Å². The Balaban J connectivity index is 1.32. The Morgan fingerprint density at radius 2 is 2.09 bits per heavy atom. The van der Waals surface area contributed by atoms with Crippen LogP contribution in [0.15, 0.2) is 30.3 Å². The summed E-state index contributed by atoms with van der Waals surface area (Å²) in [5.41, 5.74) is 2.56. The third kappa shape index (κ3) is 5.40. The summed E-state index contributed by atoms with van der Waals surface area (Å²) in [6, 6.07) is 8.16. The number of halogens is 1. The number of aliphatic carboxylic acids is 1. The second-order valence-corrected chi connectivity index (χ2v) is 8.67. The quantitative estimate of drug-likeness (QED) is 0.552. The number of carboxylic acid groups (broad SMARTS) is 1. The van der Waals surface area contributed by atoms with Gasteiger partial charge in [0.05, 0.1) is 12.5 Å². The first kappa shape index (κ1) is 23.8. The molecule has 3 heterocycles. The number of amides is 2. The molecule has 0 bridgehead atoms. The molecule has 1 aromatic heterocycles. The van der Waals surface area contributed by atoms with E-state index in [9.17, 15) is 19.1 Å². The normalized spacial score (nSPS) is 16.2. The predicted molar refractivity (Wildman–Crippen MR) is 126 cm³/mol. The average Bonchev–Trinajstić information content (AvgIpc) is 3.17. The van der Waals surface area contributed by atoms with E-state index >= 15 is 0 Å². The highest BCUT2D eigenvalue weighted by Crippen LogP contribution is 2.26. The van der Waals surface area contributed by atoms with Crippen molar-refractivity contribution in [1.82, 2.24) is 14.8 Å². The van der Waals surface area contributed by atoms with Crippen molar-refractivity contribution in [2.24, 2.45) is 0 Å². The van der Waals surface area contributed by atoms with Gasteiger partial charge in [-0.3, -0.25) is 4.79 Å². The molecule has 4 rings (SSSR count). The number of hydrogen-bond donors (Lipinski definition) is 2. The fraction of sp³-hybridized carbons (Fsp3) is 0.480. The Labute approximate surface area is 198 Å². The van der Waals surface area contributed by atoms with Crippen molar-refractivity contribution in [3.63, 3.8) is 0 Å². The molecule has 8 nitrogen and oxygen atoms in total. The number of aryl methyl sites for hydroxylation is 2. The summed E-state index contributed by atoms with van der Waals surface area (Å²) in [4.78, 5) is 32.8. The third-order valence-corrected chi connectivity index (χ3v) is 6.35. The molecule has 1 aromatic carbocycles. The zero-order chi connectivity index (χ0) is 24.1. The van der Waals surface area contributed by atoms with Gasteiger partial charge in [-0.1, -0.05) is 12.1 Å². The molecular formula is C25H31FN4O4. The van der Waals surface area contributed by atoms with Crippen LogP contribution in [0.1, 0.15) is 42.5 Å². The number of nitrogens with one attached hydrogen (secondary N) is 1. The first-order chi connectivity index (χ1) is 16.5. The lowest BCUT2D eigenvalue weighted by atomic mass is 9.98. The molecule has 0 unspecified atom stereocenters. The Hall–Kier alpha value is -3.36. The number of benzene rings is 1. The van der Waals surface area contributed by atoms with Crippen LogP contribution < -0.4 is 10.1 Å². The van der Waals surface area contributed by atoms with E-state index in [1.54, 1.807) is 17.9 Å². The zero-order valence-corrected chi connectivity index (χ0v) is 19.4. The van der Waals surface area contributed by atoms with Gasteiger partial charge in [0, 0.05) is 38.4 Å². The minimum atomic E-state index is -1.10. The second-order valence-electron chi connectivity index (χ2n) is 8.67. The maximum Gasteiger partial charge on any atom is 0.320 e. The van der Waals surface area contributed by atoms with Crippen LogP contribution in [0.25, 0.3) is 0 Å². The Kier molecular flexibility index (Phi) is 7.49. The van der Waals surface area contributed by atoms with Crippen molar-refractivity contribution < 1.29 is 23.8 Å². The van der Waals surface area contributed by atoms with Gasteiger partial charge >= 0.3 is 12.0 Å². The number of hydrogen-bond acceptors (Lipinski definition) is 5. The predicted octanol–water partition coefficient (Wildman–Crippen LogP) is 3.52. The van der Waals surface area contributed by atoms with E-state index in [-0.39, 0.29) is 18.3 Å². The average molecular weight is 471 g/mol. The molecule has 1 fully saturated rings. The van der Waals surface area contributed by atoms with Gasteiger partial charge in [0.2, 0.25) is 0 Å². The number of carbonyl (C=O) groups excluding carboxylic acids is 1. The van der Waals surface area contributed by atoms with Crippen molar-refractivity contribution in [1.29, 1.82) is 0 Å². The van der Waals surface area contributed by atoms with Crippen LogP contribution in [0.3, 0.4) is 0 Å². The highest BCUT2D eigenvalue weighted by Gasteiger charge is 2.33. The van der Waals surface area contributed by atoms with Gasteiger partial charge in [-0.25, -0.2) is 14.2 Å². The van der Waals surface area contributed by atoms with Crippen molar-refractivity contribution in [3.8, 4) is 5.75 Å². The molecular weight excluding hydrogens is 439 g/mol. The lowest BCUT2D eigenvalue weighted by Gasteiger charge is -2.22. The highest BCUT2D eigenvalue weighted by atomic mass is 19.1. The number of rotatable bonds is 10. The van der Waals surface area contributed by atoms with Crippen molar-refractivity contribution >= 4 is 17.8 Å². The number of nitrogens with zero attached hydrogens (tertiary/aromatic N) is 3.